The van der Waals surface area contributed by atoms with Crippen molar-refractivity contribution in [3.05, 3.63) is 35.4 Å². The van der Waals surface area contributed by atoms with E-state index in [-0.39, 0.29) is 24.7 Å². The first-order chi connectivity index (χ1) is 11.9. The summed E-state index contributed by atoms with van der Waals surface area (Å²) in [6, 6.07) is 7.53. The summed E-state index contributed by atoms with van der Waals surface area (Å²) >= 11 is 6.10. The Balaban J connectivity index is 2.02. The van der Waals surface area contributed by atoms with Crippen molar-refractivity contribution in [3.63, 3.8) is 0 Å². The minimum atomic E-state index is -0.982. The highest BCUT2D eigenvalue weighted by atomic mass is 35.5. The average molecular weight is 367 g/mol. The molecule has 0 fully saturated rings. The molecular weight excluding hydrogens is 348 g/mol. The van der Waals surface area contributed by atoms with E-state index in [1.807, 2.05) is 11.8 Å². The topological polar surface area (TPSA) is 95.2 Å². The number of ether oxygens (including phenoxy) is 1. The molecule has 0 radical (unpaired) electrons. The Kier molecular flexibility index (Phi) is 4.67. The van der Waals surface area contributed by atoms with Gasteiger partial charge in [-0.3, -0.25) is 9.36 Å². The lowest BCUT2D eigenvalue weighted by molar-refractivity contribution is -0.139. The van der Waals surface area contributed by atoms with Crippen molar-refractivity contribution in [2.24, 2.45) is 0 Å². The summed E-state index contributed by atoms with van der Waals surface area (Å²) < 4.78 is 7.23. The van der Waals surface area contributed by atoms with Gasteiger partial charge in [0, 0.05) is 23.7 Å². The second-order valence-electron chi connectivity index (χ2n) is 5.88. The minimum Gasteiger partial charge on any atom is -0.494 e. The average Bonchev–Trinajstić information content (AvgIpc) is 2.87. The number of fused-ring (bicyclic) bond motifs is 1. The van der Waals surface area contributed by atoms with Gasteiger partial charge in [-0.15, -0.1) is 0 Å². The summed E-state index contributed by atoms with van der Waals surface area (Å²) in [5, 5.41) is 29.7. The van der Waals surface area contributed by atoms with Crippen LogP contribution in [0.4, 0.5) is 5.69 Å². The van der Waals surface area contributed by atoms with Gasteiger partial charge < -0.3 is 25.0 Å². The molecule has 25 heavy (non-hydrogen) atoms. The third kappa shape index (κ3) is 3.32. The molecule has 1 aliphatic heterocycles. The van der Waals surface area contributed by atoms with E-state index in [4.69, 9.17) is 16.3 Å². The fourth-order valence-corrected chi connectivity index (χ4v) is 3.39. The van der Waals surface area contributed by atoms with Crippen molar-refractivity contribution in [1.82, 2.24) is 4.57 Å². The maximum absolute atomic E-state index is 11.3. The Hall–Kier alpha value is -2.54. The standard InChI is InChI=1S/C17H19ClN2O5/c1-2-19-11-7-10(18)3-4-13(11)25-14(8-17(23)24)12(19)9-20-15(21)5-6-16(20)22/h3-7,12,14,21-22H,2,8-9H2,1H3,(H,23,24). The molecule has 1 aliphatic rings. The second kappa shape index (κ2) is 6.76. The quantitative estimate of drug-likeness (QED) is 0.753. The first-order valence-corrected chi connectivity index (χ1v) is 8.30. The number of aliphatic carboxylic acids is 1. The van der Waals surface area contributed by atoms with Crippen LogP contribution in [0.5, 0.6) is 17.5 Å². The number of benzene rings is 1. The number of halogens is 1. The zero-order chi connectivity index (χ0) is 18.1. The number of hydrogen-bond acceptors (Lipinski definition) is 5. The fraction of sp³-hybridized carbons (Fsp3) is 0.353. The van der Waals surface area contributed by atoms with Crippen LogP contribution >= 0.6 is 11.6 Å². The lowest BCUT2D eigenvalue weighted by Crippen LogP contribution is -2.52. The zero-order valence-electron chi connectivity index (χ0n) is 13.6. The largest absolute Gasteiger partial charge is 0.494 e. The fourth-order valence-electron chi connectivity index (χ4n) is 3.23. The molecule has 2 atom stereocenters. The highest BCUT2D eigenvalue weighted by Crippen LogP contribution is 2.40. The van der Waals surface area contributed by atoms with Gasteiger partial charge in [-0.25, -0.2) is 0 Å². The molecule has 0 saturated carbocycles. The smallest absolute Gasteiger partial charge is 0.307 e. The first-order valence-electron chi connectivity index (χ1n) is 7.92. The molecule has 0 bridgehead atoms. The van der Waals surface area contributed by atoms with Crippen molar-refractivity contribution >= 4 is 23.3 Å². The van der Waals surface area contributed by atoms with Crippen molar-refractivity contribution in [1.29, 1.82) is 0 Å². The summed E-state index contributed by atoms with van der Waals surface area (Å²) in [6.45, 7) is 2.69. The molecule has 3 N–H and O–H groups in total. The van der Waals surface area contributed by atoms with E-state index in [1.165, 1.54) is 16.7 Å². The van der Waals surface area contributed by atoms with Gasteiger partial charge >= 0.3 is 5.97 Å². The number of aromatic hydroxyl groups is 2. The Labute approximate surface area is 149 Å². The Bertz CT molecular complexity index is 772. The number of hydrogen-bond donors (Lipinski definition) is 3. The van der Waals surface area contributed by atoms with Crippen LogP contribution in [-0.2, 0) is 11.3 Å². The summed E-state index contributed by atoms with van der Waals surface area (Å²) in [7, 11) is 0. The summed E-state index contributed by atoms with van der Waals surface area (Å²) in [5.74, 6) is -0.613. The minimum absolute atomic E-state index is 0.0977. The molecule has 1 aromatic carbocycles. The molecule has 8 heteroatoms. The van der Waals surface area contributed by atoms with Crippen molar-refractivity contribution < 1.29 is 24.9 Å². The second-order valence-corrected chi connectivity index (χ2v) is 6.32. The number of anilines is 1. The Morgan fingerprint density at radius 2 is 1.92 bits per heavy atom. The predicted octanol–water partition coefficient (Wildman–Crippen LogP) is 2.68. The lowest BCUT2D eigenvalue weighted by Gasteiger charge is -2.43. The first kappa shape index (κ1) is 17.3. The van der Waals surface area contributed by atoms with Crippen LogP contribution in [0.25, 0.3) is 0 Å². The van der Waals surface area contributed by atoms with E-state index in [0.717, 1.165) is 5.69 Å². The normalized spacial score (nSPS) is 19.4. The number of carboxylic acids is 1. The number of nitrogens with zero attached hydrogens (tertiary/aromatic N) is 2. The van der Waals surface area contributed by atoms with Crippen LogP contribution in [0, 0.1) is 0 Å². The number of aromatic nitrogens is 1. The summed E-state index contributed by atoms with van der Waals surface area (Å²) in [6.07, 6.45) is -0.848. The van der Waals surface area contributed by atoms with Crippen molar-refractivity contribution in [3.8, 4) is 17.5 Å². The molecule has 0 spiro atoms. The van der Waals surface area contributed by atoms with Gasteiger partial charge in [0.2, 0.25) is 0 Å². The Morgan fingerprint density at radius 1 is 1.24 bits per heavy atom. The van der Waals surface area contributed by atoms with E-state index < -0.39 is 18.1 Å². The van der Waals surface area contributed by atoms with Gasteiger partial charge in [-0.2, -0.15) is 0 Å². The summed E-state index contributed by atoms with van der Waals surface area (Å²) in [5.41, 5.74) is 0.757. The van der Waals surface area contributed by atoms with E-state index >= 15 is 0 Å². The monoisotopic (exact) mass is 366 g/mol. The van der Waals surface area contributed by atoms with E-state index in [9.17, 15) is 20.1 Å². The van der Waals surface area contributed by atoms with Gasteiger partial charge in [0.1, 0.15) is 11.9 Å². The van der Waals surface area contributed by atoms with E-state index in [0.29, 0.717) is 17.3 Å². The summed E-state index contributed by atoms with van der Waals surface area (Å²) in [4.78, 5) is 13.3. The van der Waals surface area contributed by atoms with Crippen LogP contribution in [0.2, 0.25) is 5.02 Å². The zero-order valence-corrected chi connectivity index (χ0v) is 14.3. The third-order valence-corrected chi connectivity index (χ3v) is 4.59. The van der Waals surface area contributed by atoms with Gasteiger partial charge in [0.05, 0.1) is 24.7 Å². The lowest BCUT2D eigenvalue weighted by atomic mass is 10.0. The molecular formula is C17H19ClN2O5. The molecule has 2 heterocycles. The van der Waals surface area contributed by atoms with Crippen molar-refractivity contribution in [2.45, 2.75) is 32.0 Å². The van der Waals surface area contributed by atoms with Crippen LogP contribution < -0.4 is 9.64 Å². The van der Waals surface area contributed by atoms with Crippen LogP contribution in [0.15, 0.2) is 30.3 Å². The van der Waals surface area contributed by atoms with Crippen LogP contribution in [0.3, 0.4) is 0 Å². The highest BCUT2D eigenvalue weighted by Gasteiger charge is 2.37. The van der Waals surface area contributed by atoms with Crippen LogP contribution in [0.1, 0.15) is 13.3 Å². The molecule has 0 aliphatic carbocycles. The SMILES string of the molecule is CCN1c2cc(Cl)ccc2OC(CC(=O)O)C1Cn1c(O)ccc1O. The maximum Gasteiger partial charge on any atom is 0.307 e. The predicted molar refractivity (Wildman–Crippen MR) is 92.7 cm³/mol. The molecule has 0 saturated heterocycles. The number of likely N-dealkylation sites (N-methyl/N-ethyl adjacent to an activating group) is 1. The molecule has 2 aromatic rings. The van der Waals surface area contributed by atoms with Crippen LogP contribution in [-0.4, -0.2) is 44.5 Å². The molecule has 2 unspecified atom stereocenters. The van der Waals surface area contributed by atoms with Gasteiger partial charge in [0.25, 0.3) is 0 Å². The van der Waals surface area contributed by atoms with E-state index in [2.05, 4.69) is 0 Å². The van der Waals surface area contributed by atoms with Gasteiger partial charge in [-0.1, -0.05) is 11.6 Å². The van der Waals surface area contributed by atoms with Crippen molar-refractivity contribution in [2.75, 3.05) is 11.4 Å². The highest BCUT2D eigenvalue weighted by molar-refractivity contribution is 6.31. The molecule has 7 nitrogen and oxygen atoms in total. The van der Waals surface area contributed by atoms with Gasteiger partial charge in [0.15, 0.2) is 11.8 Å². The third-order valence-electron chi connectivity index (χ3n) is 4.36. The molecule has 134 valence electrons. The van der Waals surface area contributed by atoms with Gasteiger partial charge in [-0.05, 0) is 25.1 Å². The number of carboxylic acid groups (broad SMARTS) is 1. The maximum atomic E-state index is 11.3. The number of rotatable bonds is 5. The molecule has 1 aromatic heterocycles. The Morgan fingerprint density at radius 3 is 2.52 bits per heavy atom. The van der Waals surface area contributed by atoms with E-state index in [1.54, 1.807) is 18.2 Å². The molecule has 0 amide bonds. The number of carbonyl (C=O) groups is 1. The molecule has 3 rings (SSSR count).